The van der Waals surface area contributed by atoms with Gasteiger partial charge >= 0.3 is 24.0 Å². The zero-order valence-corrected chi connectivity index (χ0v) is 35.2. The van der Waals surface area contributed by atoms with Gasteiger partial charge in [-0.05, 0) is 64.4 Å². The molecule has 63 heavy (non-hydrogen) atoms. The Bertz CT molecular complexity index is 2460. The summed E-state index contributed by atoms with van der Waals surface area (Å²) < 4.78 is 42.3. The molecule has 0 radical (unpaired) electrons. The van der Waals surface area contributed by atoms with Crippen molar-refractivity contribution in [3.8, 4) is 11.1 Å². The fourth-order valence-corrected chi connectivity index (χ4v) is 8.04. The minimum Gasteiger partial charge on any atom is -0.463 e. The van der Waals surface area contributed by atoms with Crippen molar-refractivity contribution in [1.82, 2.24) is 15.4 Å². The fourth-order valence-electron chi connectivity index (χ4n) is 8.04. The fraction of sp³-hybridized carbons (Fsp3) is 0.312. The molecule has 2 aliphatic rings. The van der Waals surface area contributed by atoms with Crippen LogP contribution in [0, 0.1) is 6.92 Å². The first kappa shape index (κ1) is 44.2. The van der Waals surface area contributed by atoms with Gasteiger partial charge in [0.2, 0.25) is 6.29 Å². The highest BCUT2D eigenvalue weighted by Gasteiger charge is 2.52. The summed E-state index contributed by atoms with van der Waals surface area (Å²) in [5.41, 5.74) is 11.3. The van der Waals surface area contributed by atoms with Crippen molar-refractivity contribution in [2.24, 2.45) is 0 Å². The number of hydrogen-bond donors (Lipinski definition) is 2. The Labute approximate surface area is 363 Å². The first-order valence-corrected chi connectivity index (χ1v) is 20.5. The molecule has 15 heteroatoms. The lowest BCUT2D eigenvalue weighted by Crippen LogP contribution is -2.61. The number of carbonyl (C=O) groups is 5. The van der Waals surface area contributed by atoms with E-state index in [0.717, 1.165) is 70.7 Å². The van der Waals surface area contributed by atoms with E-state index >= 15 is 4.39 Å². The molecule has 1 aliphatic heterocycles. The number of amides is 2. The molecule has 1 fully saturated rings. The molecule has 7 rings (SSSR count). The maximum absolute atomic E-state index is 15.4. The second kappa shape index (κ2) is 19.9. The number of para-hydroxylation sites is 1. The Balaban J connectivity index is 1.01. The number of aromatic nitrogens is 1. The van der Waals surface area contributed by atoms with Crippen LogP contribution in [0.5, 0.6) is 0 Å². The third kappa shape index (κ3) is 10.6. The van der Waals surface area contributed by atoms with Gasteiger partial charge in [0.25, 0.3) is 5.91 Å². The molecule has 0 saturated carbocycles. The number of aromatic amines is 1. The van der Waals surface area contributed by atoms with Gasteiger partial charge in [-0.25, -0.2) is 19.5 Å². The molecule has 5 atom stereocenters. The second-order valence-electron chi connectivity index (χ2n) is 15.3. The number of hydroxylamine groups is 1. The minimum absolute atomic E-state index is 0.0948. The van der Waals surface area contributed by atoms with Gasteiger partial charge in [-0.15, -0.1) is 0 Å². The van der Waals surface area contributed by atoms with Crippen LogP contribution >= 0.6 is 0 Å². The minimum atomic E-state index is -2.08. The average molecular weight is 862 g/mol. The number of aryl methyl sites for hydroxylation is 1. The molecule has 4 aromatic carbocycles. The molecule has 2 amide bonds. The number of fused-ring (bicyclic) bond motifs is 4. The molecule has 0 spiro atoms. The topological polar surface area (TPSA) is 172 Å². The van der Waals surface area contributed by atoms with E-state index in [-0.39, 0.29) is 19.1 Å². The van der Waals surface area contributed by atoms with Gasteiger partial charge in [-0.3, -0.25) is 19.2 Å². The van der Waals surface area contributed by atoms with Crippen LogP contribution in [0.25, 0.3) is 28.1 Å². The third-order valence-electron chi connectivity index (χ3n) is 10.9. The van der Waals surface area contributed by atoms with Gasteiger partial charge in [0.1, 0.15) is 19.3 Å². The molecule has 1 saturated heterocycles. The van der Waals surface area contributed by atoms with E-state index in [1.807, 2.05) is 61.5 Å². The monoisotopic (exact) mass is 861 g/mol. The second-order valence-corrected chi connectivity index (χ2v) is 15.3. The number of nitrogens with one attached hydrogen (secondary N) is 2. The average Bonchev–Trinajstić information content (AvgIpc) is 3.77. The van der Waals surface area contributed by atoms with E-state index in [4.69, 9.17) is 28.5 Å². The van der Waals surface area contributed by atoms with Gasteiger partial charge in [0.15, 0.2) is 18.4 Å². The summed E-state index contributed by atoms with van der Waals surface area (Å²) in [4.78, 5) is 72.6. The number of H-pyrrole nitrogens is 1. The predicted octanol–water partition coefficient (Wildman–Crippen LogP) is 7.02. The quantitative estimate of drug-likeness (QED) is 0.0480. The normalized spacial score (nSPS) is 19.2. The summed E-state index contributed by atoms with van der Waals surface area (Å²) in [5.74, 6) is -3.32. The van der Waals surface area contributed by atoms with Crippen molar-refractivity contribution >= 4 is 46.9 Å². The van der Waals surface area contributed by atoms with E-state index < -0.39 is 67.3 Å². The molecular weight excluding hydrogens is 814 g/mol. The van der Waals surface area contributed by atoms with Crippen LogP contribution in [0.15, 0.2) is 103 Å². The Morgan fingerprint density at radius 1 is 0.778 bits per heavy atom. The number of halogens is 1. The van der Waals surface area contributed by atoms with E-state index in [0.29, 0.717) is 18.5 Å². The number of benzene rings is 4. The van der Waals surface area contributed by atoms with Gasteiger partial charge in [0.05, 0.1) is 0 Å². The number of nitrogens with zero attached hydrogens (tertiary/aromatic N) is 1. The van der Waals surface area contributed by atoms with Crippen LogP contribution in [0.1, 0.15) is 60.2 Å². The number of alkyl halides is 1. The highest BCUT2D eigenvalue weighted by Crippen LogP contribution is 2.44. The molecule has 328 valence electrons. The third-order valence-corrected chi connectivity index (χ3v) is 10.9. The maximum atomic E-state index is 15.4. The number of hydrogen-bond acceptors (Lipinski definition) is 11. The van der Waals surface area contributed by atoms with Crippen LogP contribution in [-0.2, 0) is 60.7 Å². The van der Waals surface area contributed by atoms with Crippen molar-refractivity contribution in [3.05, 3.63) is 137 Å². The van der Waals surface area contributed by atoms with Crippen LogP contribution in [-0.4, -0.2) is 90.3 Å². The van der Waals surface area contributed by atoms with Crippen molar-refractivity contribution in [3.63, 3.8) is 0 Å². The SMILES string of the molecule is CC(=O)OC[C@H]1O[C@@H](ONC(=O)/C=C/c2ccc(CN(CCc3c(C)[nH]c4ccccc34)C(=O)OCC3c4ccccc4-c4ccccc43)cc2)[C@H](OC(C)=O)[C@@H](OC(C)=O)[C@H]1F. The largest absolute Gasteiger partial charge is 0.463 e. The van der Waals surface area contributed by atoms with Crippen molar-refractivity contribution in [1.29, 1.82) is 0 Å². The Hall–Kier alpha value is -6.84. The molecule has 5 aromatic rings. The summed E-state index contributed by atoms with van der Waals surface area (Å²) >= 11 is 0. The standard InChI is InChI=1S/C48H48FN3O11/c1-28-34(39-15-9-10-16-41(39)50-28)23-24-52(48(57)59-26-40-37-13-7-5-11-35(37)36-12-6-8-14-38(36)40)25-33-19-17-32(18-20-33)21-22-43(56)51-63-47-46(61-31(4)55)45(60-30(3)54)44(49)42(62-47)27-58-29(2)53/h5-22,40,42,44-47,50H,23-27H2,1-4H3,(H,51,56)/b22-21+/t42-,44+,45+,46-,47+/m1/s1. The Kier molecular flexibility index (Phi) is 14.0. The number of rotatable bonds is 15. The van der Waals surface area contributed by atoms with Crippen molar-refractivity contribution in [2.45, 2.75) is 77.4 Å². The van der Waals surface area contributed by atoms with Crippen molar-refractivity contribution in [2.75, 3.05) is 19.8 Å². The Morgan fingerprint density at radius 3 is 2.08 bits per heavy atom. The Morgan fingerprint density at radius 2 is 1.41 bits per heavy atom. The lowest BCUT2D eigenvalue weighted by molar-refractivity contribution is -0.308. The van der Waals surface area contributed by atoms with Gasteiger partial charge in [-0.2, -0.15) is 0 Å². The first-order chi connectivity index (χ1) is 30.4. The smallest absolute Gasteiger partial charge is 0.410 e. The molecular formula is C48H48FN3O11. The number of esters is 3. The molecule has 0 unspecified atom stereocenters. The first-order valence-electron chi connectivity index (χ1n) is 20.5. The molecule has 2 N–H and O–H groups in total. The van der Waals surface area contributed by atoms with E-state index in [2.05, 4.69) is 40.8 Å². The zero-order chi connectivity index (χ0) is 44.6. The molecule has 0 bridgehead atoms. The predicted molar refractivity (Wildman–Crippen MR) is 228 cm³/mol. The van der Waals surface area contributed by atoms with Gasteiger partial charge in [-0.1, -0.05) is 91.0 Å². The van der Waals surface area contributed by atoms with E-state index in [1.165, 1.54) is 12.2 Å². The van der Waals surface area contributed by atoms with Gasteiger partial charge < -0.3 is 33.6 Å². The molecule has 2 heterocycles. The van der Waals surface area contributed by atoms with Crippen LogP contribution in [0.2, 0.25) is 0 Å². The summed E-state index contributed by atoms with van der Waals surface area (Å²) in [5, 5.41) is 1.10. The molecule has 1 aliphatic carbocycles. The van der Waals surface area contributed by atoms with E-state index in [9.17, 15) is 24.0 Å². The van der Waals surface area contributed by atoms with Crippen LogP contribution in [0.4, 0.5) is 9.18 Å². The summed E-state index contributed by atoms with van der Waals surface area (Å²) in [6.07, 6.45) is -5.70. The number of ether oxygens (including phenoxy) is 5. The highest BCUT2D eigenvalue weighted by molar-refractivity contribution is 5.91. The van der Waals surface area contributed by atoms with Gasteiger partial charge in [0, 0.05) is 62.5 Å². The summed E-state index contributed by atoms with van der Waals surface area (Å²) in [6, 6.07) is 31.7. The van der Waals surface area contributed by atoms with E-state index in [1.54, 1.807) is 17.0 Å². The highest BCUT2D eigenvalue weighted by atomic mass is 19.1. The van der Waals surface area contributed by atoms with Crippen molar-refractivity contribution < 1.29 is 56.9 Å². The summed E-state index contributed by atoms with van der Waals surface area (Å²) in [7, 11) is 0. The van der Waals surface area contributed by atoms with Crippen LogP contribution < -0.4 is 5.48 Å². The molecule has 1 aromatic heterocycles. The summed E-state index contributed by atoms with van der Waals surface area (Å²) in [6.45, 7) is 5.49. The lowest BCUT2D eigenvalue weighted by atomic mass is 9.98. The number of carbonyl (C=O) groups excluding carboxylic acids is 5. The van der Waals surface area contributed by atoms with Crippen LogP contribution in [0.3, 0.4) is 0 Å². The lowest BCUT2D eigenvalue weighted by Gasteiger charge is -2.41. The molecule has 14 nitrogen and oxygen atoms in total. The maximum Gasteiger partial charge on any atom is 0.410 e. The zero-order valence-electron chi connectivity index (χ0n) is 35.2.